The van der Waals surface area contributed by atoms with Gasteiger partial charge < -0.3 is 4.79 Å². The van der Waals surface area contributed by atoms with Crippen LogP contribution in [-0.2, 0) is 21.1 Å². The number of sulfone groups is 1. The molecule has 0 aliphatic heterocycles. The highest BCUT2D eigenvalue weighted by Crippen LogP contribution is 2.32. The molecule has 1 heterocycles. The molecule has 0 bridgehead atoms. The summed E-state index contributed by atoms with van der Waals surface area (Å²) in [5.74, 6) is -0.881. The molecule has 6 heteroatoms. The average Bonchev–Trinajstić information content (AvgIpc) is 2.80. The van der Waals surface area contributed by atoms with Crippen molar-refractivity contribution < 1.29 is 17.6 Å². The van der Waals surface area contributed by atoms with Crippen molar-refractivity contribution in [1.82, 2.24) is 4.98 Å². The van der Waals surface area contributed by atoms with E-state index in [0.717, 1.165) is 39.4 Å². The number of hydrogen-bond acceptors (Lipinski definition) is 4. The van der Waals surface area contributed by atoms with E-state index in [1.807, 2.05) is 48.5 Å². The van der Waals surface area contributed by atoms with Crippen LogP contribution in [0, 0.1) is 5.82 Å². The Bertz CT molecular complexity index is 1420. The van der Waals surface area contributed by atoms with Gasteiger partial charge >= 0.3 is 0 Å². The first-order valence-corrected chi connectivity index (χ1v) is 12.6. The minimum Gasteiger partial charge on any atom is -0.302 e. The molecule has 2 atom stereocenters. The number of rotatable bonds is 7. The predicted molar refractivity (Wildman–Crippen MR) is 129 cm³/mol. The minimum atomic E-state index is -3.17. The first-order chi connectivity index (χ1) is 15.8. The van der Waals surface area contributed by atoms with Gasteiger partial charge in [-0.3, -0.25) is 4.98 Å². The molecule has 0 N–H and O–H groups in total. The lowest BCUT2D eigenvalue weighted by molar-refractivity contribution is -0.108. The van der Waals surface area contributed by atoms with Crippen molar-refractivity contribution in [2.24, 2.45) is 0 Å². The second kappa shape index (κ2) is 9.24. The van der Waals surface area contributed by atoms with Gasteiger partial charge in [-0.25, -0.2) is 12.8 Å². The van der Waals surface area contributed by atoms with Crippen LogP contribution in [0.2, 0.25) is 0 Å². The van der Waals surface area contributed by atoms with Crippen LogP contribution < -0.4 is 0 Å². The molecular weight excluding hydrogens is 437 g/mol. The second-order valence-corrected chi connectivity index (χ2v) is 10.8. The van der Waals surface area contributed by atoms with E-state index in [4.69, 9.17) is 0 Å². The molecule has 4 rings (SSSR count). The number of fused-ring (bicyclic) bond motifs is 1. The highest BCUT2D eigenvalue weighted by molar-refractivity contribution is 7.91. The number of nitrogens with zero attached hydrogens (tertiary/aromatic N) is 1. The van der Waals surface area contributed by atoms with E-state index in [-0.39, 0.29) is 5.82 Å². The lowest BCUT2D eigenvalue weighted by atomic mass is 9.89. The van der Waals surface area contributed by atoms with Crippen molar-refractivity contribution in [1.29, 1.82) is 0 Å². The molecule has 0 spiro atoms. The molecule has 3 aromatic carbocycles. The van der Waals surface area contributed by atoms with Crippen LogP contribution >= 0.6 is 0 Å². The molecule has 0 fully saturated rings. The van der Waals surface area contributed by atoms with Gasteiger partial charge in [0, 0.05) is 23.4 Å². The number of aldehydes is 1. The first kappa shape index (κ1) is 22.8. The lowest BCUT2D eigenvalue weighted by Gasteiger charge is -2.15. The van der Waals surface area contributed by atoms with Crippen molar-refractivity contribution in [2.45, 2.75) is 24.5 Å². The summed E-state index contributed by atoms with van der Waals surface area (Å²) in [5, 5.41) is 0.408. The number of benzene rings is 3. The molecule has 33 heavy (non-hydrogen) atoms. The predicted octanol–water partition coefficient (Wildman–Crippen LogP) is 5.35. The number of carbonyl (C=O) groups is 1. The number of aromatic nitrogens is 1. The molecule has 2 unspecified atom stereocenters. The van der Waals surface area contributed by atoms with E-state index < -0.39 is 21.0 Å². The zero-order valence-corrected chi connectivity index (χ0v) is 19.2. The Balaban J connectivity index is 1.81. The van der Waals surface area contributed by atoms with E-state index >= 15 is 0 Å². The fraction of sp³-hybridized carbons (Fsp3) is 0.185. The van der Waals surface area contributed by atoms with Gasteiger partial charge in [0.15, 0.2) is 0 Å². The summed E-state index contributed by atoms with van der Waals surface area (Å²) in [6, 6.07) is 21.3. The first-order valence-electron chi connectivity index (χ1n) is 10.6. The summed E-state index contributed by atoms with van der Waals surface area (Å²) >= 11 is 0. The average molecular weight is 462 g/mol. The highest BCUT2D eigenvalue weighted by Gasteiger charge is 2.18. The van der Waals surface area contributed by atoms with Crippen molar-refractivity contribution in [3.63, 3.8) is 0 Å². The molecule has 0 aliphatic rings. The van der Waals surface area contributed by atoms with Gasteiger partial charge in [0.05, 0.1) is 16.7 Å². The van der Waals surface area contributed by atoms with E-state index in [1.54, 1.807) is 25.3 Å². The Labute approximate surface area is 193 Å². The van der Waals surface area contributed by atoms with E-state index in [1.165, 1.54) is 18.4 Å². The Hall–Kier alpha value is -3.38. The van der Waals surface area contributed by atoms with Crippen LogP contribution in [0.4, 0.5) is 4.39 Å². The fourth-order valence-corrected chi connectivity index (χ4v) is 4.49. The zero-order valence-electron chi connectivity index (χ0n) is 18.4. The van der Waals surface area contributed by atoms with Gasteiger partial charge in [-0.2, -0.15) is 0 Å². The Morgan fingerprint density at radius 3 is 2.42 bits per heavy atom. The van der Waals surface area contributed by atoms with Crippen LogP contribution in [0.1, 0.15) is 29.5 Å². The smallest absolute Gasteiger partial charge is 0.150 e. The number of pyridine rings is 1. The third-order valence-electron chi connectivity index (χ3n) is 5.94. The van der Waals surface area contributed by atoms with Crippen LogP contribution in [0.3, 0.4) is 0 Å². The maximum atomic E-state index is 13.4. The quantitative estimate of drug-likeness (QED) is 0.348. The summed E-state index contributed by atoms with van der Waals surface area (Å²) in [4.78, 5) is 16.5. The van der Waals surface area contributed by atoms with Crippen molar-refractivity contribution >= 4 is 27.0 Å². The molecule has 4 nitrogen and oxygen atoms in total. The van der Waals surface area contributed by atoms with Gasteiger partial charge in [0.25, 0.3) is 0 Å². The topological polar surface area (TPSA) is 64.1 Å². The van der Waals surface area contributed by atoms with E-state index in [2.05, 4.69) is 4.98 Å². The van der Waals surface area contributed by atoms with Gasteiger partial charge in [-0.05, 0) is 65.9 Å². The monoisotopic (exact) mass is 461 g/mol. The van der Waals surface area contributed by atoms with Gasteiger partial charge in [-0.1, -0.05) is 42.5 Å². The summed E-state index contributed by atoms with van der Waals surface area (Å²) in [7, 11) is -3.17. The number of hydrogen-bond donors (Lipinski definition) is 0. The molecule has 0 saturated carbocycles. The van der Waals surface area contributed by atoms with Crippen molar-refractivity contribution in [3.05, 3.63) is 102 Å². The largest absolute Gasteiger partial charge is 0.302 e. The molecule has 168 valence electrons. The van der Waals surface area contributed by atoms with Crippen LogP contribution in [0.25, 0.3) is 22.0 Å². The SMILES string of the molecule is CC(Cc1cc(-c2cccc(C(C=O)c3ccc(F)cc3)c2)c2ncccc2c1)S(C)(=O)=O. The summed E-state index contributed by atoms with van der Waals surface area (Å²) < 4.78 is 37.3. The number of carbonyl (C=O) groups excluding carboxylic acids is 1. The normalized spacial score (nSPS) is 13.5. The van der Waals surface area contributed by atoms with E-state index in [0.29, 0.717) is 12.0 Å². The van der Waals surface area contributed by atoms with Crippen LogP contribution in [0.15, 0.2) is 79.0 Å². The van der Waals surface area contributed by atoms with Crippen LogP contribution in [-0.4, -0.2) is 31.2 Å². The Kier molecular flexibility index (Phi) is 6.38. The standard InChI is InChI=1S/C27H24FNO3S/c1-18(33(2,31)32)13-19-14-23-7-4-12-29-27(23)25(15-19)21-5-3-6-22(16-21)26(17-30)20-8-10-24(28)11-9-20/h3-12,14-18,26H,13H2,1-2H3. The van der Waals surface area contributed by atoms with Crippen LogP contribution in [0.5, 0.6) is 0 Å². The third-order valence-corrected chi connectivity index (χ3v) is 7.57. The highest BCUT2D eigenvalue weighted by atomic mass is 32.2. The minimum absolute atomic E-state index is 0.352. The third kappa shape index (κ3) is 5.01. The molecule has 0 radical (unpaired) electrons. The maximum Gasteiger partial charge on any atom is 0.150 e. The fourth-order valence-electron chi connectivity index (χ4n) is 3.99. The molecule has 1 aromatic heterocycles. The Morgan fingerprint density at radius 1 is 0.970 bits per heavy atom. The van der Waals surface area contributed by atoms with Gasteiger partial charge in [0.1, 0.15) is 21.9 Å². The van der Waals surface area contributed by atoms with Gasteiger partial charge in [-0.15, -0.1) is 0 Å². The van der Waals surface area contributed by atoms with Crippen molar-refractivity contribution in [2.75, 3.05) is 6.26 Å². The summed E-state index contributed by atoms with van der Waals surface area (Å²) in [6.07, 6.45) is 4.22. The molecule has 0 aliphatic carbocycles. The van der Waals surface area contributed by atoms with E-state index in [9.17, 15) is 17.6 Å². The summed E-state index contributed by atoms with van der Waals surface area (Å²) in [5.41, 5.74) is 4.94. The molecule has 0 amide bonds. The number of halogens is 1. The Morgan fingerprint density at radius 2 is 1.73 bits per heavy atom. The molecular formula is C27H24FNO3S. The second-order valence-electron chi connectivity index (χ2n) is 8.35. The zero-order chi connectivity index (χ0) is 23.6. The summed E-state index contributed by atoms with van der Waals surface area (Å²) in [6.45, 7) is 1.71. The molecule has 0 saturated heterocycles. The molecule has 4 aromatic rings. The lowest BCUT2D eigenvalue weighted by Crippen LogP contribution is -2.18. The van der Waals surface area contributed by atoms with Gasteiger partial charge in [0.2, 0.25) is 0 Å². The van der Waals surface area contributed by atoms with Crippen molar-refractivity contribution in [3.8, 4) is 11.1 Å². The maximum absolute atomic E-state index is 13.4.